The third kappa shape index (κ3) is 6.34. The lowest BCUT2D eigenvalue weighted by atomic mass is 9.98. The van der Waals surface area contributed by atoms with Gasteiger partial charge in [-0.25, -0.2) is 9.18 Å². The van der Waals surface area contributed by atoms with Gasteiger partial charge >= 0.3 is 6.03 Å². The van der Waals surface area contributed by atoms with Crippen LogP contribution in [0.4, 0.5) is 14.9 Å². The molecule has 1 saturated carbocycles. The van der Waals surface area contributed by atoms with Crippen molar-refractivity contribution >= 4 is 23.3 Å². The number of piperazine rings is 1. The normalized spacial score (nSPS) is 24.6. The Kier molecular flexibility index (Phi) is 8.27. The lowest BCUT2D eigenvalue weighted by molar-refractivity contribution is -0.0593. The fourth-order valence-electron chi connectivity index (χ4n) is 5.33. The van der Waals surface area contributed by atoms with Crippen LogP contribution in [-0.2, 0) is 4.74 Å². The number of hydrogen-bond donors (Lipinski definition) is 1. The minimum atomic E-state index is -0.491. The van der Waals surface area contributed by atoms with Crippen molar-refractivity contribution in [1.82, 2.24) is 14.7 Å². The van der Waals surface area contributed by atoms with Crippen molar-refractivity contribution in [3.63, 3.8) is 0 Å². The van der Waals surface area contributed by atoms with Crippen LogP contribution >= 0.6 is 11.6 Å². The molecular weight excluding hydrogens is 431 g/mol. The molecule has 3 aliphatic rings. The molecule has 2 atom stereocenters. The number of anilines is 1. The Bertz CT molecular complexity index is 768. The molecule has 6 nitrogen and oxygen atoms in total. The zero-order valence-corrected chi connectivity index (χ0v) is 19.8. The maximum atomic E-state index is 13.3. The molecule has 2 amide bonds. The second-order valence-corrected chi connectivity index (χ2v) is 9.98. The van der Waals surface area contributed by atoms with Gasteiger partial charge in [0.05, 0.1) is 17.7 Å². The summed E-state index contributed by atoms with van der Waals surface area (Å²) < 4.78 is 19.4. The van der Waals surface area contributed by atoms with Crippen molar-refractivity contribution in [2.45, 2.75) is 51.2 Å². The maximum absolute atomic E-state index is 13.3. The van der Waals surface area contributed by atoms with Gasteiger partial charge in [-0.3, -0.25) is 9.80 Å². The van der Waals surface area contributed by atoms with Gasteiger partial charge in [0.2, 0.25) is 0 Å². The first-order valence-electron chi connectivity index (χ1n) is 12.1. The SMILES string of the molecule is CC(CC1CCCC1)N1CCO[C@@H](CN2CCN(C(=O)Nc3ccc(F)c(Cl)c3)CC2)C1. The van der Waals surface area contributed by atoms with Gasteiger partial charge in [0.1, 0.15) is 5.82 Å². The number of rotatable bonds is 6. The molecule has 2 saturated heterocycles. The van der Waals surface area contributed by atoms with Crippen molar-refractivity contribution in [2.75, 3.05) is 57.7 Å². The Morgan fingerprint density at radius 2 is 1.97 bits per heavy atom. The van der Waals surface area contributed by atoms with E-state index in [0.717, 1.165) is 45.2 Å². The topological polar surface area (TPSA) is 48.1 Å². The van der Waals surface area contributed by atoms with Crippen LogP contribution in [0.3, 0.4) is 0 Å². The number of nitrogens with zero attached hydrogens (tertiary/aromatic N) is 3. The van der Waals surface area contributed by atoms with Gasteiger partial charge in [-0.2, -0.15) is 0 Å². The summed E-state index contributed by atoms with van der Waals surface area (Å²) in [6.07, 6.45) is 7.18. The second kappa shape index (κ2) is 11.1. The molecule has 32 heavy (non-hydrogen) atoms. The summed E-state index contributed by atoms with van der Waals surface area (Å²) in [5.41, 5.74) is 0.506. The number of urea groups is 1. The molecule has 0 aromatic heterocycles. The molecule has 0 bridgehead atoms. The molecule has 3 fully saturated rings. The zero-order chi connectivity index (χ0) is 22.5. The summed E-state index contributed by atoms with van der Waals surface area (Å²) in [6, 6.07) is 4.68. The van der Waals surface area contributed by atoms with Gasteiger partial charge in [-0.05, 0) is 37.5 Å². The van der Waals surface area contributed by atoms with Crippen molar-refractivity contribution in [3.8, 4) is 0 Å². The molecule has 0 radical (unpaired) electrons. The van der Waals surface area contributed by atoms with Crippen LogP contribution in [0, 0.1) is 11.7 Å². The van der Waals surface area contributed by atoms with Gasteiger partial charge in [-0.1, -0.05) is 37.3 Å². The molecule has 2 heterocycles. The number of nitrogens with one attached hydrogen (secondary N) is 1. The molecular formula is C24H36ClFN4O2. The summed E-state index contributed by atoms with van der Waals surface area (Å²) in [5.74, 6) is 0.422. The van der Waals surface area contributed by atoms with E-state index in [4.69, 9.17) is 16.3 Å². The van der Waals surface area contributed by atoms with Crippen molar-refractivity contribution < 1.29 is 13.9 Å². The fraction of sp³-hybridized carbons (Fsp3) is 0.708. The highest BCUT2D eigenvalue weighted by Crippen LogP contribution is 2.30. The minimum Gasteiger partial charge on any atom is -0.374 e. The number of ether oxygens (including phenoxy) is 1. The highest BCUT2D eigenvalue weighted by atomic mass is 35.5. The van der Waals surface area contributed by atoms with E-state index >= 15 is 0 Å². The third-order valence-corrected chi connectivity index (χ3v) is 7.52. The summed E-state index contributed by atoms with van der Waals surface area (Å²) >= 11 is 5.80. The van der Waals surface area contributed by atoms with Crippen LogP contribution in [0.1, 0.15) is 39.0 Å². The number of halogens is 2. The zero-order valence-electron chi connectivity index (χ0n) is 19.1. The smallest absolute Gasteiger partial charge is 0.321 e. The Hall–Kier alpha value is -1.41. The van der Waals surface area contributed by atoms with E-state index in [1.807, 2.05) is 0 Å². The Morgan fingerprint density at radius 3 is 2.69 bits per heavy atom. The summed E-state index contributed by atoms with van der Waals surface area (Å²) in [6.45, 7) is 9.12. The van der Waals surface area contributed by atoms with Gasteiger partial charge in [-0.15, -0.1) is 0 Å². The van der Waals surface area contributed by atoms with Gasteiger partial charge < -0.3 is 15.0 Å². The van der Waals surface area contributed by atoms with Crippen LogP contribution in [0.5, 0.6) is 0 Å². The molecule has 1 unspecified atom stereocenters. The van der Waals surface area contributed by atoms with Gasteiger partial charge in [0.15, 0.2) is 0 Å². The van der Waals surface area contributed by atoms with E-state index in [2.05, 4.69) is 22.0 Å². The molecule has 4 rings (SSSR count). The molecule has 178 valence electrons. The summed E-state index contributed by atoms with van der Waals surface area (Å²) in [4.78, 5) is 19.4. The van der Waals surface area contributed by atoms with Crippen LogP contribution in [0.2, 0.25) is 5.02 Å². The summed E-state index contributed by atoms with van der Waals surface area (Å²) in [7, 11) is 0. The molecule has 1 aliphatic carbocycles. The van der Waals surface area contributed by atoms with E-state index in [9.17, 15) is 9.18 Å². The molecule has 1 N–H and O–H groups in total. The van der Waals surface area contributed by atoms with Gasteiger partial charge in [0.25, 0.3) is 0 Å². The van der Waals surface area contributed by atoms with Crippen molar-refractivity contribution in [2.24, 2.45) is 5.92 Å². The minimum absolute atomic E-state index is 0.00621. The lowest BCUT2D eigenvalue weighted by Crippen LogP contribution is -2.55. The molecule has 0 spiro atoms. The van der Waals surface area contributed by atoms with E-state index in [-0.39, 0.29) is 17.2 Å². The molecule has 8 heteroatoms. The standard InChI is InChI=1S/C24H36ClFN4O2/c1-18(14-19-4-2-3-5-19)30-12-13-32-21(17-30)16-28-8-10-29(11-9-28)24(31)27-20-6-7-23(26)22(25)15-20/h6-7,15,18-19,21H,2-5,8-14,16-17H2,1H3,(H,27,31)/t18?,21-/m0/s1. The molecule has 2 aliphatic heterocycles. The molecule has 1 aromatic rings. The van der Waals surface area contributed by atoms with E-state index < -0.39 is 5.82 Å². The number of morpholine rings is 1. The lowest BCUT2D eigenvalue weighted by Gasteiger charge is -2.41. The number of amides is 2. The predicted molar refractivity (Wildman–Crippen MR) is 126 cm³/mol. The van der Waals surface area contributed by atoms with Crippen LogP contribution in [-0.4, -0.2) is 85.3 Å². The number of carbonyl (C=O) groups is 1. The van der Waals surface area contributed by atoms with Crippen molar-refractivity contribution in [1.29, 1.82) is 0 Å². The number of benzene rings is 1. The maximum Gasteiger partial charge on any atom is 0.321 e. The first-order chi connectivity index (χ1) is 15.5. The average Bonchev–Trinajstić information content (AvgIpc) is 3.30. The molecule has 1 aromatic carbocycles. The van der Waals surface area contributed by atoms with Gasteiger partial charge in [0, 0.05) is 57.5 Å². The van der Waals surface area contributed by atoms with Crippen LogP contribution in [0.15, 0.2) is 18.2 Å². The first-order valence-corrected chi connectivity index (χ1v) is 12.4. The van der Waals surface area contributed by atoms with Crippen LogP contribution < -0.4 is 5.32 Å². The predicted octanol–water partition coefficient (Wildman–Crippen LogP) is 4.30. The Balaban J connectivity index is 1.19. The Morgan fingerprint density at radius 1 is 1.22 bits per heavy atom. The quantitative estimate of drug-likeness (QED) is 0.679. The fourth-order valence-corrected chi connectivity index (χ4v) is 5.51. The van der Waals surface area contributed by atoms with E-state index in [1.54, 1.807) is 4.90 Å². The highest BCUT2D eigenvalue weighted by Gasteiger charge is 2.29. The number of carbonyl (C=O) groups excluding carboxylic acids is 1. The highest BCUT2D eigenvalue weighted by molar-refractivity contribution is 6.31. The first kappa shape index (κ1) is 23.7. The third-order valence-electron chi connectivity index (χ3n) is 7.23. The van der Waals surface area contributed by atoms with Crippen LogP contribution in [0.25, 0.3) is 0 Å². The average molecular weight is 467 g/mol. The Labute approximate surface area is 196 Å². The van der Waals surface area contributed by atoms with E-state index in [0.29, 0.717) is 24.8 Å². The number of hydrogen-bond acceptors (Lipinski definition) is 4. The monoisotopic (exact) mass is 466 g/mol. The largest absolute Gasteiger partial charge is 0.374 e. The van der Waals surface area contributed by atoms with E-state index in [1.165, 1.54) is 50.3 Å². The van der Waals surface area contributed by atoms with Crippen molar-refractivity contribution in [3.05, 3.63) is 29.0 Å². The second-order valence-electron chi connectivity index (χ2n) is 9.57. The summed E-state index contributed by atoms with van der Waals surface area (Å²) in [5, 5.41) is 2.82.